The van der Waals surface area contributed by atoms with Crippen LogP contribution in [0.1, 0.15) is 24.2 Å². The van der Waals surface area contributed by atoms with Crippen molar-refractivity contribution in [2.75, 3.05) is 26.9 Å². The maximum atomic E-state index is 11.7. The normalized spacial score (nSPS) is 10.3. The molecular weight excluding hydrogens is 274 g/mol. The van der Waals surface area contributed by atoms with E-state index >= 15 is 0 Å². The molecule has 6 heteroatoms. The second-order valence-electron chi connectivity index (χ2n) is 4.61. The van der Waals surface area contributed by atoms with Crippen LogP contribution in [-0.4, -0.2) is 44.8 Å². The van der Waals surface area contributed by atoms with Crippen molar-refractivity contribution in [2.24, 2.45) is 0 Å². The van der Waals surface area contributed by atoms with E-state index in [2.05, 4.69) is 5.32 Å². The van der Waals surface area contributed by atoms with Crippen LogP contribution in [-0.2, 0) is 14.3 Å². The summed E-state index contributed by atoms with van der Waals surface area (Å²) in [4.78, 5) is 23.1. The number of carbonyl (C=O) groups excluding carboxylic acids is 2. The van der Waals surface area contributed by atoms with Crippen molar-refractivity contribution in [2.45, 2.75) is 20.0 Å². The van der Waals surface area contributed by atoms with Crippen LogP contribution in [0.15, 0.2) is 24.3 Å². The Morgan fingerprint density at radius 2 is 1.86 bits per heavy atom. The molecular formula is C15H21NO5. The number of carbonyl (C=O) groups is 2. The number of amides is 1. The number of benzene rings is 1. The van der Waals surface area contributed by atoms with Crippen LogP contribution in [0, 0.1) is 0 Å². The third-order valence-electron chi connectivity index (χ3n) is 2.42. The Morgan fingerprint density at radius 3 is 2.43 bits per heavy atom. The van der Waals surface area contributed by atoms with Gasteiger partial charge in [0.1, 0.15) is 5.75 Å². The van der Waals surface area contributed by atoms with E-state index in [-0.39, 0.29) is 18.6 Å². The smallest absolute Gasteiger partial charge is 0.338 e. The molecule has 0 aromatic heterocycles. The summed E-state index contributed by atoms with van der Waals surface area (Å²) >= 11 is 0. The number of esters is 1. The molecule has 1 N–H and O–H groups in total. The van der Waals surface area contributed by atoms with Crippen molar-refractivity contribution in [3.8, 4) is 5.75 Å². The summed E-state index contributed by atoms with van der Waals surface area (Å²) in [6.45, 7) is 4.33. The zero-order valence-corrected chi connectivity index (χ0v) is 12.5. The molecule has 1 amide bonds. The highest BCUT2D eigenvalue weighted by Crippen LogP contribution is 2.14. The Morgan fingerprint density at radius 1 is 1.19 bits per heavy atom. The molecule has 1 aromatic carbocycles. The minimum atomic E-state index is -0.548. The van der Waals surface area contributed by atoms with E-state index < -0.39 is 5.97 Å². The maximum absolute atomic E-state index is 11.7. The Balaban J connectivity index is 2.39. The molecule has 116 valence electrons. The van der Waals surface area contributed by atoms with E-state index in [9.17, 15) is 9.59 Å². The van der Waals surface area contributed by atoms with Crippen molar-refractivity contribution in [3.63, 3.8) is 0 Å². The number of nitrogens with one attached hydrogen (secondary N) is 1. The average Bonchev–Trinajstić information content (AvgIpc) is 2.45. The van der Waals surface area contributed by atoms with Gasteiger partial charge in [0.15, 0.2) is 6.61 Å². The van der Waals surface area contributed by atoms with Crippen molar-refractivity contribution in [3.05, 3.63) is 29.8 Å². The average molecular weight is 295 g/mol. The van der Waals surface area contributed by atoms with E-state index in [0.29, 0.717) is 24.5 Å². The number of hydrogen-bond acceptors (Lipinski definition) is 5. The molecule has 0 saturated heterocycles. The topological polar surface area (TPSA) is 73.9 Å². The summed E-state index contributed by atoms with van der Waals surface area (Å²) in [5.41, 5.74) is 0.371. The summed E-state index contributed by atoms with van der Waals surface area (Å²) in [7, 11) is 1.54. The molecule has 0 atom stereocenters. The van der Waals surface area contributed by atoms with Gasteiger partial charge in [-0.2, -0.15) is 0 Å². The monoisotopic (exact) mass is 295 g/mol. The SMILES string of the molecule is COCCNC(=O)COC(=O)c1ccc(OC(C)C)cc1. The molecule has 1 aromatic rings. The summed E-state index contributed by atoms with van der Waals surface area (Å²) < 4.78 is 15.2. The van der Waals surface area contributed by atoms with Crippen molar-refractivity contribution < 1.29 is 23.8 Å². The largest absolute Gasteiger partial charge is 0.491 e. The highest BCUT2D eigenvalue weighted by atomic mass is 16.5. The predicted molar refractivity (Wildman–Crippen MR) is 77.4 cm³/mol. The molecule has 0 fully saturated rings. The highest BCUT2D eigenvalue weighted by Gasteiger charge is 2.10. The van der Waals surface area contributed by atoms with Gasteiger partial charge >= 0.3 is 5.97 Å². The third-order valence-corrected chi connectivity index (χ3v) is 2.42. The van der Waals surface area contributed by atoms with Crippen LogP contribution in [0.5, 0.6) is 5.75 Å². The molecule has 0 heterocycles. The van der Waals surface area contributed by atoms with Crippen LogP contribution in [0.2, 0.25) is 0 Å². The molecule has 0 aliphatic carbocycles. The fourth-order valence-electron chi connectivity index (χ4n) is 1.50. The van der Waals surface area contributed by atoms with Gasteiger partial charge in [0.25, 0.3) is 5.91 Å². The minimum absolute atomic E-state index is 0.0681. The fourth-order valence-corrected chi connectivity index (χ4v) is 1.50. The van der Waals surface area contributed by atoms with Crippen molar-refractivity contribution in [1.82, 2.24) is 5.32 Å². The minimum Gasteiger partial charge on any atom is -0.491 e. The molecule has 0 aliphatic heterocycles. The molecule has 0 saturated carbocycles. The first kappa shape index (κ1) is 17.0. The summed E-state index contributed by atoms with van der Waals surface area (Å²) in [6, 6.07) is 6.58. The zero-order chi connectivity index (χ0) is 15.7. The predicted octanol–water partition coefficient (Wildman–Crippen LogP) is 1.39. The summed E-state index contributed by atoms with van der Waals surface area (Å²) in [5.74, 6) is -0.230. The molecule has 0 bridgehead atoms. The van der Waals surface area contributed by atoms with E-state index in [1.165, 1.54) is 0 Å². The lowest BCUT2D eigenvalue weighted by molar-refractivity contribution is -0.124. The molecule has 0 unspecified atom stereocenters. The highest BCUT2D eigenvalue weighted by molar-refractivity contribution is 5.91. The fraction of sp³-hybridized carbons (Fsp3) is 0.467. The van der Waals surface area contributed by atoms with Gasteiger partial charge in [-0.3, -0.25) is 4.79 Å². The van der Waals surface area contributed by atoms with Gasteiger partial charge < -0.3 is 19.5 Å². The number of methoxy groups -OCH3 is 1. The van der Waals surface area contributed by atoms with Crippen LogP contribution >= 0.6 is 0 Å². The Kier molecular flexibility index (Phi) is 7.25. The Hall–Kier alpha value is -2.08. The zero-order valence-electron chi connectivity index (χ0n) is 12.5. The Bertz CT molecular complexity index is 456. The van der Waals surface area contributed by atoms with Crippen molar-refractivity contribution >= 4 is 11.9 Å². The standard InChI is InChI=1S/C15H21NO5/c1-11(2)21-13-6-4-12(5-7-13)15(18)20-10-14(17)16-8-9-19-3/h4-7,11H,8-10H2,1-3H3,(H,16,17). The van der Waals surface area contributed by atoms with Gasteiger partial charge in [-0.15, -0.1) is 0 Å². The first-order chi connectivity index (χ1) is 10.0. The van der Waals surface area contributed by atoms with E-state index in [4.69, 9.17) is 14.2 Å². The lowest BCUT2D eigenvalue weighted by Crippen LogP contribution is -2.31. The van der Waals surface area contributed by atoms with E-state index in [1.807, 2.05) is 13.8 Å². The van der Waals surface area contributed by atoms with E-state index in [1.54, 1.807) is 31.4 Å². The summed E-state index contributed by atoms with van der Waals surface area (Å²) in [5, 5.41) is 2.56. The quantitative estimate of drug-likeness (QED) is 0.579. The molecule has 21 heavy (non-hydrogen) atoms. The van der Waals surface area contributed by atoms with Gasteiger partial charge in [-0.25, -0.2) is 4.79 Å². The molecule has 0 radical (unpaired) electrons. The van der Waals surface area contributed by atoms with Crippen LogP contribution in [0.4, 0.5) is 0 Å². The van der Waals surface area contributed by atoms with Gasteiger partial charge in [0.2, 0.25) is 0 Å². The number of hydrogen-bond donors (Lipinski definition) is 1. The number of ether oxygens (including phenoxy) is 3. The third kappa shape index (κ3) is 6.76. The molecule has 6 nitrogen and oxygen atoms in total. The van der Waals surface area contributed by atoms with Crippen LogP contribution in [0.25, 0.3) is 0 Å². The van der Waals surface area contributed by atoms with Gasteiger partial charge in [-0.05, 0) is 38.1 Å². The molecule has 0 aliphatic rings. The number of rotatable bonds is 8. The second-order valence-corrected chi connectivity index (χ2v) is 4.61. The molecule has 0 spiro atoms. The van der Waals surface area contributed by atoms with E-state index in [0.717, 1.165) is 0 Å². The van der Waals surface area contributed by atoms with Gasteiger partial charge in [0, 0.05) is 13.7 Å². The second kappa shape index (κ2) is 8.97. The lowest BCUT2D eigenvalue weighted by atomic mass is 10.2. The van der Waals surface area contributed by atoms with Gasteiger partial charge in [0.05, 0.1) is 18.3 Å². The maximum Gasteiger partial charge on any atom is 0.338 e. The first-order valence-corrected chi connectivity index (χ1v) is 6.72. The van der Waals surface area contributed by atoms with Crippen molar-refractivity contribution in [1.29, 1.82) is 0 Å². The van der Waals surface area contributed by atoms with Crippen LogP contribution in [0.3, 0.4) is 0 Å². The van der Waals surface area contributed by atoms with Gasteiger partial charge in [-0.1, -0.05) is 0 Å². The Labute approximate surface area is 124 Å². The summed E-state index contributed by atoms with van der Waals surface area (Å²) in [6.07, 6.45) is 0.0681. The molecule has 1 rings (SSSR count). The van der Waals surface area contributed by atoms with Crippen LogP contribution < -0.4 is 10.1 Å². The lowest BCUT2D eigenvalue weighted by Gasteiger charge is -2.10. The first-order valence-electron chi connectivity index (χ1n) is 6.72.